The van der Waals surface area contributed by atoms with E-state index in [1.807, 2.05) is 0 Å². The summed E-state index contributed by atoms with van der Waals surface area (Å²) in [5.74, 6) is -4.71. The Labute approximate surface area is 192 Å². The zero-order valence-electron chi connectivity index (χ0n) is 18.0. The first-order valence-corrected chi connectivity index (χ1v) is 9.87. The SMILES string of the molecule is NCC(Cn1cc(CN(CC(=O)O)CC(=O)O)nn1)n1cc(CN(CC(=O)O)CC(=O)O)nn1. The van der Waals surface area contributed by atoms with Crippen molar-refractivity contribution in [1.29, 1.82) is 0 Å². The minimum Gasteiger partial charge on any atom is -0.480 e. The third kappa shape index (κ3) is 8.88. The van der Waals surface area contributed by atoms with E-state index in [0.717, 1.165) is 0 Å². The molecule has 2 rings (SSSR count). The number of aliphatic carboxylic acids is 4. The van der Waals surface area contributed by atoms with Crippen LogP contribution in [0.3, 0.4) is 0 Å². The van der Waals surface area contributed by atoms with Crippen LogP contribution in [-0.2, 0) is 38.8 Å². The Morgan fingerprint density at radius 2 is 1.24 bits per heavy atom. The molecule has 0 fully saturated rings. The fraction of sp³-hybridized carbons (Fsp3) is 0.529. The standard InChI is InChI=1S/C17H25N9O8/c18-1-13(26-5-12(20-22-26)3-24(9-16(31)32)10-17(33)34)6-25-4-11(19-21-25)2-23(7-14(27)28)8-15(29)30/h4-5,13H,1-3,6-10,18H2,(H,27,28)(H,29,30)(H,31,32)(H,33,34). The first kappa shape index (κ1) is 26.3. The Balaban J connectivity index is 2.04. The van der Waals surface area contributed by atoms with Crippen LogP contribution in [0, 0.1) is 0 Å². The van der Waals surface area contributed by atoms with Gasteiger partial charge in [0.2, 0.25) is 0 Å². The van der Waals surface area contributed by atoms with Crippen LogP contribution >= 0.6 is 0 Å². The molecule has 0 spiro atoms. The fourth-order valence-electron chi connectivity index (χ4n) is 3.11. The van der Waals surface area contributed by atoms with Gasteiger partial charge >= 0.3 is 23.9 Å². The number of nitrogens with two attached hydrogens (primary N) is 1. The molecule has 0 radical (unpaired) electrons. The van der Waals surface area contributed by atoms with Gasteiger partial charge in [0.15, 0.2) is 0 Å². The monoisotopic (exact) mass is 483 g/mol. The Morgan fingerprint density at radius 1 is 0.794 bits per heavy atom. The van der Waals surface area contributed by atoms with Crippen molar-refractivity contribution >= 4 is 23.9 Å². The topological polar surface area (TPSA) is 243 Å². The van der Waals surface area contributed by atoms with Crippen molar-refractivity contribution in [2.75, 3.05) is 32.7 Å². The predicted octanol–water partition coefficient (Wildman–Crippen LogP) is -2.99. The highest BCUT2D eigenvalue weighted by atomic mass is 16.4. The molecule has 186 valence electrons. The molecule has 0 saturated heterocycles. The van der Waals surface area contributed by atoms with Gasteiger partial charge in [0, 0.05) is 25.8 Å². The van der Waals surface area contributed by atoms with Crippen LogP contribution in [0.4, 0.5) is 0 Å². The van der Waals surface area contributed by atoms with Crippen LogP contribution in [0.2, 0.25) is 0 Å². The van der Waals surface area contributed by atoms with Gasteiger partial charge < -0.3 is 26.2 Å². The van der Waals surface area contributed by atoms with Gasteiger partial charge in [0.25, 0.3) is 0 Å². The maximum absolute atomic E-state index is 10.9. The van der Waals surface area contributed by atoms with Gasteiger partial charge in [0.05, 0.1) is 56.4 Å². The Bertz CT molecular complexity index is 975. The van der Waals surface area contributed by atoms with Gasteiger partial charge in [0.1, 0.15) is 0 Å². The second-order valence-electron chi connectivity index (χ2n) is 7.38. The summed E-state index contributed by atoms with van der Waals surface area (Å²) in [5.41, 5.74) is 6.54. The summed E-state index contributed by atoms with van der Waals surface area (Å²) in [4.78, 5) is 46.1. The van der Waals surface area contributed by atoms with Crippen molar-refractivity contribution < 1.29 is 39.6 Å². The summed E-state index contributed by atoms with van der Waals surface area (Å²) in [6, 6.07) is -0.433. The number of hydrogen-bond acceptors (Lipinski definition) is 11. The van der Waals surface area contributed by atoms with Crippen molar-refractivity contribution in [2.45, 2.75) is 25.7 Å². The summed E-state index contributed by atoms with van der Waals surface area (Å²) < 4.78 is 2.88. The molecule has 0 aromatic carbocycles. The number of rotatable bonds is 16. The van der Waals surface area contributed by atoms with Crippen molar-refractivity contribution in [2.24, 2.45) is 5.73 Å². The third-order valence-electron chi connectivity index (χ3n) is 4.39. The van der Waals surface area contributed by atoms with Crippen molar-refractivity contribution in [3.8, 4) is 0 Å². The quantitative estimate of drug-likeness (QED) is 0.160. The summed E-state index contributed by atoms with van der Waals surface area (Å²) in [6.45, 7) is -1.69. The first-order chi connectivity index (χ1) is 16.0. The molecule has 1 unspecified atom stereocenters. The number of carbonyl (C=O) groups is 4. The molecular weight excluding hydrogens is 458 g/mol. The Morgan fingerprint density at radius 3 is 1.68 bits per heavy atom. The third-order valence-corrected chi connectivity index (χ3v) is 4.39. The van der Waals surface area contributed by atoms with Crippen molar-refractivity contribution in [3.05, 3.63) is 23.8 Å². The molecule has 2 heterocycles. The average Bonchev–Trinajstić information content (AvgIpc) is 3.33. The van der Waals surface area contributed by atoms with Crippen LogP contribution < -0.4 is 5.73 Å². The summed E-state index contributed by atoms with van der Waals surface area (Å²) >= 11 is 0. The van der Waals surface area contributed by atoms with Gasteiger partial charge in [-0.25, -0.2) is 4.68 Å². The molecule has 0 bridgehead atoms. The molecule has 17 nitrogen and oxygen atoms in total. The molecule has 17 heteroatoms. The minimum atomic E-state index is -1.18. The molecule has 34 heavy (non-hydrogen) atoms. The van der Waals surface area contributed by atoms with E-state index in [-0.39, 0.29) is 26.2 Å². The summed E-state index contributed by atoms with van der Waals surface area (Å²) in [6.07, 6.45) is 3.05. The fourth-order valence-corrected chi connectivity index (χ4v) is 3.11. The lowest BCUT2D eigenvalue weighted by Gasteiger charge is -2.16. The molecule has 0 amide bonds. The van der Waals surface area contributed by atoms with Gasteiger partial charge in [-0.05, 0) is 0 Å². The number of carboxylic acids is 4. The highest BCUT2D eigenvalue weighted by Gasteiger charge is 2.19. The van der Waals surface area contributed by atoms with Crippen LogP contribution in [0.1, 0.15) is 17.4 Å². The largest absolute Gasteiger partial charge is 0.480 e. The second kappa shape index (κ2) is 12.3. The average molecular weight is 483 g/mol. The van der Waals surface area contributed by atoms with E-state index in [9.17, 15) is 19.2 Å². The van der Waals surface area contributed by atoms with Gasteiger partial charge in [-0.15, -0.1) is 10.2 Å². The zero-order chi connectivity index (χ0) is 25.3. The Hall–Kier alpha value is -3.96. The lowest BCUT2D eigenvalue weighted by molar-refractivity contribution is -0.144. The molecule has 0 aliphatic carbocycles. The van der Waals surface area contributed by atoms with Gasteiger partial charge in [-0.2, -0.15) is 0 Å². The Kier molecular flexibility index (Phi) is 9.53. The van der Waals surface area contributed by atoms with Gasteiger partial charge in [-0.1, -0.05) is 10.4 Å². The van der Waals surface area contributed by atoms with E-state index in [1.165, 1.54) is 31.6 Å². The second-order valence-corrected chi connectivity index (χ2v) is 7.38. The van der Waals surface area contributed by atoms with E-state index in [1.54, 1.807) is 0 Å². The van der Waals surface area contributed by atoms with Crippen LogP contribution in [-0.4, -0.2) is 117 Å². The molecule has 2 aromatic heterocycles. The molecular formula is C17H25N9O8. The van der Waals surface area contributed by atoms with Crippen LogP contribution in [0.5, 0.6) is 0 Å². The van der Waals surface area contributed by atoms with Crippen molar-refractivity contribution in [3.63, 3.8) is 0 Å². The normalized spacial score (nSPS) is 12.2. The van der Waals surface area contributed by atoms with Crippen LogP contribution in [0.15, 0.2) is 12.4 Å². The number of nitrogens with zero attached hydrogens (tertiary/aromatic N) is 8. The zero-order valence-corrected chi connectivity index (χ0v) is 18.0. The maximum atomic E-state index is 10.9. The molecule has 1 atom stereocenters. The van der Waals surface area contributed by atoms with E-state index < -0.39 is 56.1 Å². The lowest BCUT2D eigenvalue weighted by Crippen LogP contribution is -2.34. The molecule has 0 aliphatic rings. The summed E-state index contributed by atoms with van der Waals surface area (Å²) in [5, 5.41) is 51.6. The van der Waals surface area contributed by atoms with E-state index in [2.05, 4.69) is 20.6 Å². The number of carboxylic acid groups (broad SMARTS) is 4. The van der Waals surface area contributed by atoms with Gasteiger partial charge in [-0.3, -0.25) is 33.7 Å². The molecule has 2 aromatic rings. The van der Waals surface area contributed by atoms with E-state index >= 15 is 0 Å². The van der Waals surface area contributed by atoms with E-state index in [4.69, 9.17) is 26.2 Å². The predicted molar refractivity (Wildman–Crippen MR) is 109 cm³/mol. The summed E-state index contributed by atoms with van der Waals surface area (Å²) in [7, 11) is 0. The molecule has 0 saturated carbocycles. The molecule has 0 aliphatic heterocycles. The number of aromatic nitrogens is 6. The van der Waals surface area contributed by atoms with Crippen molar-refractivity contribution in [1.82, 2.24) is 39.8 Å². The number of hydrogen-bond donors (Lipinski definition) is 5. The highest BCUT2D eigenvalue weighted by Crippen LogP contribution is 2.10. The highest BCUT2D eigenvalue weighted by molar-refractivity contribution is 5.73. The first-order valence-electron chi connectivity index (χ1n) is 9.87. The molecule has 6 N–H and O–H groups in total. The smallest absolute Gasteiger partial charge is 0.317 e. The van der Waals surface area contributed by atoms with Crippen LogP contribution in [0.25, 0.3) is 0 Å². The lowest BCUT2D eigenvalue weighted by atomic mass is 10.3. The maximum Gasteiger partial charge on any atom is 0.317 e. The van der Waals surface area contributed by atoms with E-state index in [0.29, 0.717) is 11.4 Å². The minimum absolute atomic E-state index is 0.0393.